The van der Waals surface area contributed by atoms with Crippen LogP contribution < -0.4 is 5.32 Å². The van der Waals surface area contributed by atoms with Crippen molar-refractivity contribution in [2.75, 3.05) is 25.0 Å². The molecule has 0 aliphatic carbocycles. The molecule has 0 bridgehead atoms. The van der Waals surface area contributed by atoms with Crippen molar-refractivity contribution < 1.29 is 28.2 Å². The predicted octanol–water partition coefficient (Wildman–Crippen LogP) is 4.43. The summed E-state index contributed by atoms with van der Waals surface area (Å²) in [4.78, 5) is 25.5. The van der Waals surface area contributed by atoms with Gasteiger partial charge in [0.15, 0.2) is 0 Å². The minimum Gasteiger partial charge on any atom is -0.480 e. The summed E-state index contributed by atoms with van der Waals surface area (Å²) < 4.78 is 38.9. The Hall–Kier alpha value is -3.09. The number of carboxylic acid groups (broad SMARTS) is 1. The van der Waals surface area contributed by atoms with Crippen molar-refractivity contribution in [3.8, 4) is 10.4 Å². The number of thiazole rings is 1. The molecule has 1 aliphatic heterocycles. The first-order valence-corrected chi connectivity index (χ1v) is 11.8. The minimum atomic E-state index is -4.57. The summed E-state index contributed by atoms with van der Waals surface area (Å²) in [6, 6.07) is 6.26. The highest BCUT2D eigenvalue weighted by Crippen LogP contribution is 2.39. The number of rotatable bonds is 6. The van der Waals surface area contributed by atoms with Crippen molar-refractivity contribution >= 4 is 28.9 Å². The van der Waals surface area contributed by atoms with Crippen molar-refractivity contribution in [3.05, 3.63) is 52.9 Å². The number of carboxylic acids is 1. The predicted molar refractivity (Wildman–Crippen MR) is 124 cm³/mol. The minimum absolute atomic E-state index is 0.0616. The highest BCUT2D eigenvalue weighted by molar-refractivity contribution is 7.15. The summed E-state index contributed by atoms with van der Waals surface area (Å²) in [5.74, 6) is -1.06. The molecule has 0 saturated carbocycles. The Labute approximate surface area is 203 Å². The topological polar surface area (TPSA) is 111 Å². The first kappa shape index (κ1) is 25.0. The third kappa shape index (κ3) is 6.13. The third-order valence-electron chi connectivity index (χ3n) is 5.73. The van der Waals surface area contributed by atoms with Gasteiger partial charge in [-0.1, -0.05) is 6.07 Å². The Morgan fingerprint density at radius 3 is 2.77 bits per heavy atom. The van der Waals surface area contributed by atoms with Crippen LogP contribution in [0.1, 0.15) is 35.5 Å². The smallest absolute Gasteiger partial charge is 0.433 e. The first-order valence-electron chi connectivity index (χ1n) is 10.9. The standard InChI is InChI=1S/C23H24F3N5O3S/c1-14-9-15(11-16(10-14)29-21-27-6-3-18(30-21)23(24,25)26)17-12-28-20(35-17)22(34)4-2-7-31(8-5-22)13-19(32)33/h3,6,9-12,34H,2,4-5,7-8,13H2,1H3,(H,32,33)(H,27,29,30). The molecule has 186 valence electrons. The first-order chi connectivity index (χ1) is 16.5. The summed E-state index contributed by atoms with van der Waals surface area (Å²) in [6.07, 6.45) is -0.357. The van der Waals surface area contributed by atoms with E-state index in [1.165, 1.54) is 11.3 Å². The van der Waals surface area contributed by atoms with Gasteiger partial charge in [0, 0.05) is 24.6 Å². The zero-order valence-electron chi connectivity index (χ0n) is 18.8. The summed E-state index contributed by atoms with van der Waals surface area (Å²) in [5.41, 5.74) is -0.00915. The van der Waals surface area contributed by atoms with Gasteiger partial charge in [0.2, 0.25) is 5.95 Å². The fourth-order valence-corrected chi connectivity index (χ4v) is 5.11. The van der Waals surface area contributed by atoms with Gasteiger partial charge in [0.25, 0.3) is 0 Å². The highest BCUT2D eigenvalue weighted by Gasteiger charge is 2.35. The maximum absolute atomic E-state index is 13.0. The van der Waals surface area contributed by atoms with Gasteiger partial charge < -0.3 is 15.5 Å². The quantitative estimate of drug-likeness (QED) is 0.449. The van der Waals surface area contributed by atoms with Crippen LogP contribution >= 0.6 is 11.3 Å². The van der Waals surface area contributed by atoms with E-state index < -0.39 is 23.4 Å². The zero-order valence-corrected chi connectivity index (χ0v) is 19.7. The summed E-state index contributed by atoms with van der Waals surface area (Å²) in [7, 11) is 0. The van der Waals surface area contributed by atoms with Gasteiger partial charge in [-0.25, -0.2) is 15.0 Å². The van der Waals surface area contributed by atoms with Gasteiger partial charge in [-0.15, -0.1) is 11.3 Å². The number of carbonyl (C=O) groups is 1. The van der Waals surface area contributed by atoms with E-state index in [2.05, 4.69) is 20.3 Å². The van der Waals surface area contributed by atoms with Gasteiger partial charge in [-0.05, 0) is 62.1 Å². The maximum atomic E-state index is 13.0. The third-order valence-corrected chi connectivity index (χ3v) is 6.97. The maximum Gasteiger partial charge on any atom is 0.433 e. The van der Waals surface area contributed by atoms with E-state index in [1.54, 1.807) is 18.3 Å². The van der Waals surface area contributed by atoms with Crippen LogP contribution in [0.2, 0.25) is 0 Å². The van der Waals surface area contributed by atoms with Crippen LogP contribution in [0.5, 0.6) is 0 Å². The van der Waals surface area contributed by atoms with Crippen LogP contribution in [0.4, 0.5) is 24.8 Å². The van der Waals surface area contributed by atoms with Crippen molar-refractivity contribution in [2.24, 2.45) is 0 Å². The molecule has 1 fully saturated rings. The molecule has 0 amide bonds. The normalized spacial score (nSPS) is 19.3. The van der Waals surface area contributed by atoms with Crippen LogP contribution in [0.15, 0.2) is 36.7 Å². The molecule has 3 aromatic rings. The molecular formula is C23H24F3N5O3S. The van der Waals surface area contributed by atoms with Gasteiger partial charge in [0.1, 0.15) is 16.3 Å². The number of aliphatic carboxylic acids is 1. The van der Waals surface area contributed by atoms with Crippen LogP contribution in [0.3, 0.4) is 0 Å². The molecule has 1 aliphatic rings. The van der Waals surface area contributed by atoms with E-state index >= 15 is 0 Å². The summed E-state index contributed by atoms with van der Waals surface area (Å²) in [6.45, 7) is 2.85. The number of alkyl halides is 3. The molecule has 0 radical (unpaired) electrons. The Balaban J connectivity index is 1.54. The van der Waals surface area contributed by atoms with E-state index in [1.807, 2.05) is 17.9 Å². The van der Waals surface area contributed by atoms with Crippen molar-refractivity contribution in [1.82, 2.24) is 19.9 Å². The largest absolute Gasteiger partial charge is 0.480 e. The Morgan fingerprint density at radius 1 is 1.23 bits per heavy atom. The summed E-state index contributed by atoms with van der Waals surface area (Å²) in [5, 5.41) is 23.7. The highest BCUT2D eigenvalue weighted by atomic mass is 32.1. The van der Waals surface area contributed by atoms with Crippen molar-refractivity contribution in [3.63, 3.8) is 0 Å². The number of aromatic nitrogens is 3. The SMILES string of the molecule is Cc1cc(Nc2nccc(C(F)(F)F)n2)cc(-c2cnc(C3(O)CCCN(CC(=O)O)CC3)s2)c1. The molecule has 1 atom stereocenters. The van der Waals surface area contributed by atoms with E-state index in [-0.39, 0.29) is 12.5 Å². The second-order valence-electron chi connectivity index (χ2n) is 8.56. The number of nitrogens with zero attached hydrogens (tertiary/aromatic N) is 4. The lowest BCUT2D eigenvalue weighted by Gasteiger charge is -2.24. The second-order valence-corrected chi connectivity index (χ2v) is 9.59. The van der Waals surface area contributed by atoms with Gasteiger partial charge >= 0.3 is 12.1 Å². The number of benzene rings is 1. The van der Waals surface area contributed by atoms with E-state index in [0.717, 1.165) is 28.3 Å². The number of hydrogen-bond donors (Lipinski definition) is 3. The molecule has 0 spiro atoms. The van der Waals surface area contributed by atoms with Gasteiger partial charge in [-0.2, -0.15) is 13.2 Å². The average Bonchev–Trinajstić information content (AvgIpc) is 3.20. The number of aliphatic hydroxyl groups is 1. The van der Waals surface area contributed by atoms with Crippen LogP contribution in [-0.4, -0.2) is 55.7 Å². The molecule has 12 heteroatoms. The molecule has 1 aromatic carbocycles. The Kier molecular flexibility index (Phi) is 7.06. The van der Waals surface area contributed by atoms with E-state index in [4.69, 9.17) is 5.11 Å². The fourth-order valence-electron chi connectivity index (χ4n) is 4.06. The van der Waals surface area contributed by atoms with Crippen LogP contribution in [0, 0.1) is 6.92 Å². The molecule has 1 unspecified atom stereocenters. The molecule has 3 N–H and O–H groups in total. The fraction of sp³-hybridized carbons (Fsp3) is 0.391. The van der Waals surface area contributed by atoms with Gasteiger partial charge in [0.05, 0.1) is 11.4 Å². The molecule has 2 aromatic heterocycles. The van der Waals surface area contributed by atoms with Crippen molar-refractivity contribution in [2.45, 2.75) is 38.0 Å². The van der Waals surface area contributed by atoms with Crippen LogP contribution in [-0.2, 0) is 16.6 Å². The van der Waals surface area contributed by atoms with Crippen molar-refractivity contribution in [1.29, 1.82) is 0 Å². The lowest BCUT2D eigenvalue weighted by molar-refractivity contribution is -0.141. The zero-order chi connectivity index (χ0) is 25.2. The molecule has 1 saturated heterocycles. The van der Waals surface area contributed by atoms with E-state index in [0.29, 0.717) is 43.0 Å². The number of likely N-dealkylation sites (tertiary alicyclic amines) is 1. The number of halogens is 3. The summed E-state index contributed by atoms with van der Waals surface area (Å²) >= 11 is 1.34. The van der Waals surface area contributed by atoms with Gasteiger partial charge in [-0.3, -0.25) is 9.69 Å². The number of nitrogens with one attached hydrogen (secondary N) is 1. The average molecular weight is 508 g/mol. The monoisotopic (exact) mass is 507 g/mol. The van der Waals surface area contributed by atoms with Crippen LogP contribution in [0.25, 0.3) is 10.4 Å². The number of anilines is 2. The lowest BCUT2D eigenvalue weighted by atomic mass is 9.96. The second kappa shape index (κ2) is 9.88. The molecule has 4 rings (SSSR count). The molecular weight excluding hydrogens is 483 g/mol. The Bertz CT molecular complexity index is 1220. The molecule has 3 heterocycles. The molecule has 35 heavy (non-hydrogen) atoms. The van der Waals surface area contributed by atoms with E-state index in [9.17, 15) is 23.1 Å². The number of aryl methyl sites for hydroxylation is 1. The Morgan fingerprint density at radius 2 is 2.03 bits per heavy atom. The lowest BCUT2D eigenvalue weighted by Crippen LogP contribution is -2.32. The molecule has 8 nitrogen and oxygen atoms in total. The number of hydrogen-bond acceptors (Lipinski definition) is 8.